The molecule has 8 heavy (non-hydrogen) atoms. The average Bonchev–Trinajstić information content (AvgIpc) is 1.68. The van der Waals surface area contributed by atoms with Crippen molar-refractivity contribution in [3.05, 3.63) is 6.26 Å². The number of hydrogen-bond acceptors (Lipinski definition) is 2. The third kappa shape index (κ3) is 7.34. The van der Waals surface area contributed by atoms with E-state index in [-0.39, 0.29) is 32.7 Å². The molecule has 0 fully saturated rings. The van der Waals surface area contributed by atoms with Crippen molar-refractivity contribution < 1.29 is 32.7 Å². The zero-order chi connectivity index (χ0) is 5.70. The molecule has 0 atom stereocenters. The molecule has 0 unspecified atom stereocenters. The summed E-state index contributed by atoms with van der Waals surface area (Å²) in [5.41, 5.74) is 0. The van der Waals surface area contributed by atoms with Crippen LogP contribution >= 0.6 is 24.0 Å². The maximum absolute atomic E-state index is 4.74. The summed E-state index contributed by atoms with van der Waals surface area (Å²) in [5.74, 6) is 0. The molecule has 0 rings (SSSR count). The minimum atomic E-state index is 0. The predicted octanol–water partition coefficient (Wildman–Crippen LogP) is 1.40. The van der Waals surface area contributed by atoms with E-state index in [1.165, 1.54) is 11.8 Å². The van der Waals surface area contributed by atoms with Gasteiger partial charge < -0.3 is 5.32 Å². The fourth-order valence-electron chi connectivity index (χ4n) is 0.195. The summed E-state index contributed by atoms with van der Waals surface area (Å²) in [6.45, 7) is 2.89. The second kappa shape index (κ2) is 8.34. The third-order valence-electron chi connectivity index (χ3n) is 0.452. The van der Waals surface area contributed by atoms with E-state index in [0.717, 1.165) is 10.9 Å². The third-order valence-corrected chi connectivity index (χ3v) is 1.36. The Bertz CT molecular complexity index is 67.1. The van der Waals surface area contributed by atoms with Gasteiger partial charge in [-0.25, -0.2) is 0 Å². The van der Waals surface area contributed by atoms with Gasteiger partial charge in [-0.15, -0.1) is 0 Å². The Kier molecular flexibility index (Phi) is 12.6. The summed E-state index contributed by atoms with van der Waals surface area (Å²) in [6, 6.07) is 0. The van der Waals surface area contributed by atoms with Gasteiger partial charge in [-0.2, -0.15) is 0 Å². The zero-order valence-electron chi connectivity index (χ0n) is 4.81. The van der Waals surface area contributed by atoms with E-state index in [1.54, 1.807) is 0 Å². The smallest absolute Gasteiger partial charge is 0.101 e. The molecular formula is C4H8NS2Y-. The van der Waals surface area contributed by atoms with Gasteiger partial charge >= 0.3 is 0 Å². The summed E-state index contributed by atoms with van der Waals surface area (Å²) in [6.07, 6.45) is 3.52. The molecule has 0 saturated carbocycles. The summed E-state index contributed by atoms with van der Waals surface area (Å²) >= 11 is 6.06. The molecule has 0 aromatic heterocycles. The fraction of sp³-hybridized carbons (Fsp3) is 0.500. The maximum atomic E-state index is 4.74. The zero-order valence-corrected chi connectivity index (χ0v) is 9.28. The first-order valence-electron chi connectivity index (χ1n) is 2.01. The van der Waals surface area contributed by atoms with Crippen LogP contribution in [-0.2, 0) is 32.7 Å². The van der Waals surface area contributed by atoms with Crippen LogP contribution in [0.5, 0.6) is 0 Å². The van der Waals surface area contributed by atoms with E-state index in [0.29, 0.717) is 0 Å². The minimum Gasteiger partial charge on any atom is -0.373 e. The average molecular weight is 223 g/mol. The second-order valence-corrected chi connectivity index (χ2v) is 2.33. The monoisotopic (exact) mass is 223 g/mol. The Labute approximate surface area is 85.2 Å². The molecule has 0 spiro atoms. The summed E-state index contributed by atoms with van der Waals surface area (Å²) in [4.78, 5) is 0. The summed E-state index contributed by atoms with van der Waals surface area (Å²) in [7, 11) is 0. The van der Waals surface area contributed by atoms with Crippen molar-refractivity contribution in [2.24, 2.45) is 0 Å². The molecule has 0 aliphatic rings. The Morgan fingerprint density at radius 1 is 1.88 bits per heavy atom. The van der Waals surface area contributed by atoms with Crippen LogP contribution in [0.3, 0.4) is 0 Å². The molecule has 0 aromatic rings. The molecule has 45 valence electrons. The minimum absolute atomic E-state index is 0. The van der Waals surface area contributed by atoms with E-state index < -0.39 is 0 Å². The molecule has 0 aromatic carbocycles. The van der Waals surface area contributed by atoms with Gasteiger partial charge in [0.15, 0.2) is 0 Å². The van der Waals surface area contributed by atoms with Gasteiger partial charge in [0.2, 0.25) is 0 Å². The second-order valence-electron chi connectivity index (χ2n) is 0.962. The molecule has 0 saturated heterocycles. The van der Waals surface area contributed by atoms with Gasteiger partial charge in [0.05, 0.1) is 0 Å². The number of thioether (sulfide) groups is 1. The molecule has 1 N–H and O–H groups in total. The quantitative estimate of drug-likeness (QED) is 0.533. The van der Waals surface area contributed by atoms with E-state index >= 15 is 0 Å². The van der Waals surface area contributed by atoms with Crippen LogP contribution in [0.4, 0.5) is 0 Å². The van der Waals surface area contributed by atoms with E-state index in [9.17, 15) is 0 Å². The Hall–Kier alpha value is 1.34. The predicted molar refractivity (Wildman–Crippen MR) is 39.2 cm³/mol. The van der Waals surface area contributed by atoms with Crippen LogP contribution in [-0.4, -0.2) is 10.9 Å². The fourth-order valence-corrected chi connectivity index (χ4v) is 0.586. The first-order chi connectivity index (χ1) is 3.31. The van der Waals surface area contributed by atoms with Crippen molar-refractivity contribution in [3.63, 3.8) is 0 Å². The van der Waals surface area contributed by atoms with Crippen molar-refractivity contribution >= 4 is 28.3 Å². The first-order valence-corrected chi connectivity index (χ1v) is 3.40. The Balaban J connectivity index is 0. The van der Waals surface area contributed by atoms with Crippen LogP contribution in [0.15, 0.2) is 0 Å². The van der Waals surface area contributed by atoms with Crippen LogP contribution in [0.2, 0.25) is 0 Å². The largest absolute Gasteiger partial charge is 0.373 e. The van der Waals surface area contributed by atoms with Crippen molar-refractivity contribution in [3.8, 4) is 0 Å². The van der Waals surface area contributed by atoms with Crippen LogP contribution in [0, 0.1) is 6.26 Å². The van der Waals surface area contributed by atoms with Gasteiger partial charge in [0, 0.05) is 39.3 Å². The number of rotatable bonds is 1. The van der Waals surface area contributed by atoms with Gasteiger partial charge in [-0.1, -0.05) is 12.2 Å². The molecular weight excluding hydrogens is 215 g/mol. The summed E-state index contributed by atoms with van der Waals surface area (Å²) in [5, 5.41) is 2.93. The Morgan fingerprint density at radius 2 is 2.38 bits per heavy atom. The van der Waals surface area contributed by atoms with Gasteiger partial charge in [-0.05, 0) is 6.92 Å². The van der Waals surface area contributed by atoms with Crippen LogP contribution < -0.4 is 5.32 Å². The molecule has 1 radical (unpaired) electrons. The Morgan fingerprint density at radius 3 is 2.50 bits per heavy atom. The van der Waals surface area contributed by atoms with Crippen molar-refractivity contribution in [1.82, 2.24) is 5.32 Å². The SMILES string of the molecule is [CH2-]SC(=S)NCC.[Y]. The molecule has 0 bridgehead atoms. The van der Waals surface area contributed by atoms with Crippen molar-refractivity contribution in [1.29, 1.82) is 0 Å². The standard InChI is InChI=1S/C4H8NS2.Y/c1-3-5-4(6)7-2;/h2-3H2,1H3,(H,5,6);/q-1;. The van der Waals surface area contributed by atoms with E-state index in [2.05, 4.69) is 11.6 Å². The molecule has 4 heteroatoms. The van der Waals surface area contributed by atoms with Crippen LogP contribution in [0.25, 0.3) is 0 Å². The first kappa shape index (κ1) is 12.1. The normalized spacial score (nSPS) is 7.25. The van der Waals surface area contributed by atoms with Crippen LogP contribution in [0.1, 0.15) is 6.92 Å². The van der Waals surface area contributed by atoms with Crippen molar-refractivity contribution in [2.45, 2.75) is 6.92 Å². The molecule has 0 amide bonds. The van der Waals surface area contributed by atoms with Crippen molar-refractivity contribution in [2.75, 3.05) is 6.54 Å². The van der Waals surface area contributed by atoms with Gasteiger partial charge in [0.1, 0.15) is 4.32 Å². The van der Waals surface area contributed by atoms with Gasteiger partial charge in [0.25, 0.3) is 0 Å². The van der Waals surface area contributed by atoms with E-state index in [1.807, 2.05) is 6.92 Å². The number of hydrogen-bond donors (Lipinski definition) is 1. The van der Waals surface area contributed by atoms with Gasteiger partial charge in [-0.3, -0.25) is 18.0 Å². The maximum Gasteiger partial charge on any atom is 0.101 e. The molecule has 0 heterocycles. The molecule has 0 aliphatic carbocycles. The molecule has 0 aliphatic heterocycles. The number of thiocarbonyl (C=S) groups is 1. The number of nitrogens with one attached hydrogen (secondary N) is 1. The topological polar surface area (TPSA) is 12.0 Å². The molecule has 1 nitrogen and oxygen atoms in total. The summed E-state index contributed by atoms with van der Waals surface area (Å²) < 4.78 is 0.766. The van der Waals surface area contributed by atoms with E-state index in [4.69, 9.17) is 12.2 Å².